The fraction of sp³-hybridized carbons (Fsp3) is 0.533. The van der Waals surface area contributed by atoms with Crippen LogP contribution in [0, 0.1) is 5.82 Å². The van der Waals surface area contributed by atoms with Gasteiger partial charge >= 0.3 is 0 Å². The van der Waals surface area contributed by atoms with Crippen molar-refractivity contribution < 1.29 is 18.7 Å². The molecule has 2 heterocycles. The number of carbonyl (C=O) groups excluding carboxylic acids is 1. The van der Waals surface area contributed by atoms with Gasteiger partial charge in [0, 0.05) is 26.0 Å². The molecule has 1 atom stereocenters. The van der Waals surface area contributed by atoms with Crippen LogP contribution in [0.5, 0.6) is 5.75 Å². The lowest BCUT2D eigenvalue weighted by atomic mass is 9.93. The van der Waals surface area contributed by atoms with Crippen molar-refractivity contribution >= 4 is 17.7 Å². The molecule has 1 aromatic carbocycles. The fourth-order valence-corrected chi connectivity index (χ4v) is 4.36. The van der Waals surface area contributed by atoms with Gasteiger partial charge in [0.2, 0.25) is 0 Å². The molecule has 1 aromatic rings. The van der Waals surface area contributed by atoms with Crippen LogP contribution in [0.1, 0.15) is 6.42 Å². The van der Waals surface area contributed by atoms with E-state index in [4.69, 9.17) is 9.47 Å². The highest BCUT2D eigenvalue weighted by Crippen LogP contribution is 2.45. The Morgan fingerprint density at radius 3 is 2.76 bits per heavy atom. The third kappa shape index (κ3) is 3.16. The largest absolute Gasteiger partial charge is 0.484 e. The molecule has 0 aromatic heterocycles. The highest BCUT2D eigenvalue weighted by Gasteiger charge is 2.50. The van der Waals surface area contributed by atoms with Gasteiger partial charge in [-0.15, -0.1) is 11.8 Å². The van der Waals surface area contributed by atoms with Gasteiger partial charge < -0.3 is 14.4 Å². The standard InChI is InChI=1S/C15H18FNO3S/c1-19-13-6-15(21-8-13)9-17(10-15)14(18)7-20-12-4-2-11(16)3-5-12/h2-5,13H,6-10H2,1H3. The Bertz CT molecular complexity index is 516. The molecule has 6 heteroatoms. The smallest absolute Gasteiger partial charge is 0.260 e. The summed E-state index contributed by atoms with van der Waals surface area (Å²) < 4.78 is 23.7. The monoisotopic (exact) mass is 311 g/mol. The molecular formula is C15H18FNO3S. The van der Waals surface area contributed by atoms with Crippen molar-refractivity contribution in [2.75, 3.05) is 32.6 Å². The normalized spacial score (nSPS) is 23.1. The van der Waals surface area contributed by atoms with E-state index in [2.05, 4.69) is 0 Å². The Balaban J connectivity index is 1.45. The van der Waals surface area contributed by atoms with Gasteiger partial charge in [-0.2, -0.15) is 0 Å². The minimum atomic E-state index is -0.315. The molecule has 0 saturated carbocycles. The molecule has 21 heavy (non-hydrogen) atoms. The lowest BCUT2D eigenvalue weighted by Crippen LogP contribution is -2.61. The summed E-state index contributed by atoms with van der Waals surface area (Å²) in [4.78, 5) is 13.9. The van der Waals surface area contributed by atoms with Crippen LogP contribution in [0.2, 0.25) is 0 Å². The molecule has 1 unspecified atom stereocenters. The Kier molecular flexibility index (Phi) is 4.08. The van der Waals surface area contributed by atoms with E-state index in [1.807, 2.05) is 16.7 Å². The molecule has 0 N–H and O–H groups in total. The molecule has 0 radical (unpaired) electrons. The third-order valence-corrected chi connectivity index (χ3v) is 5.57. The van der Waals surface area contributed by atoms with Crippen molar-refractivity contribution in [3.05, 3.63) is 30.1 Å². The van der Waals surface area contributed by atoms with Crippen LogP contribution in [0.25, 0.3) is 0 Å². The third-order valence-electron chi connectivity index (χ3n) is 4.00. The Morgan fingerprint density at radius 1 is 1.43 bits per heavy atom. The van der Waals surface area contributed by atoms with Crippen molar-refractivity contribution in [2.45, 2.75) is 17.3 Å². The van der Waals surface area contributed by atoms with Crippen LogP contribution in [0.4, 0.5) is 4.39 Å². The summed E-state index contributed by atoms with van der Waals surface area (Å²) in [6, 6.07) is 5.68. The summed E-state index contributed by atoms with van der Waals surface area (Å²) in [6.45, 7) is 1.53. The van der Waals surface area contributed by atoms with E-state index in [1.54, 1.807) is 7.11 Å². The number of thioether (sulfide) groups is 1. The molecule has 1 amide bonds. The molecule has 3 rings (SSSR count). The minimum Gasteiger partial charge on any atom is -0.484 e. The van der Waals surface area contributed by atoms with Gasteiger partial charge in [0.05, 0.1) is 10.9 Å². The second kappa shape index (κ2) is 5.85. The Labute approximate surface area is 127 Å². The summed E-state index contributed by atoms with van der Waals surface area (Å²) in [6.07, 6.45) is 1.32. The first-order valence-corrected chi connectivity index (χ1v) is 7.92. The van der Waals surface area contributed by atoms with Gasteiger partial charge in [-0.25, -0.2) is 4.39 Å². The quantitative estimate of drug-likeness (QED) is 0.852. The summed E-state index contributed by atoms with van der Waals surface area (Å²) in [5, 5.41) is 0. The summed E-state index contributed by atoms with van der Waals surface area (Å²) in [7, 11) is 1.74. The Morgan fingerprint density at radius 2 is 2.14 bits per heavy atom. The van der Waals surface area contributed by atoms with Crippen LogP contribution in [-0.2, 0) is 9.53 Å². The van der Waals surface area contributed by atoms with Gasteiger partial charge in [0.25, 0.3) is 5.91 Å². The molecule has 114 valence electrons. The number of hydrogen-bond acceptors (Lipinski definition) is 4. The number of methoxy groups -OCH3 is 1. The highest BCUT2D eigenvalue weighted by atomic mass is 32.2. The van der Waals surface area contributed by atoms with Gasteiger partial charge in [-0.05, 0) is 30.7 Å². The van der Waals surface area contributed by atoms with Crippen molar-refractivity contribution in [3.8, 4) is 5.75 Å². The van der Waals surface area contributed by atoms with Crippen LogP contribution in [-0.4, -0.2) is 54.2 Å². The van der Waals surface area contributed by atoms with E-state index in [1.165, 1.54) is 24.3 Å². The minimum absolute atomic E-state index is 0.0000847. The topological polar surface area (TPSA) is 38.8 Å². The first-order chi connectivity index (χ1) is 10.1. The van der Waals surface area contributed by atoms with Gasteiger partial charge in [0.15, 0.2) is 6.61 Å². The van der Waals surface area contributed by atoms with E-state index >= 15 is 0 Å². The van der Waals surface area contributed by atoms with Gasteiger partial charge in [-0.1, -0.05) is 0 Å². The maximum absolute atomic E-state index is 12.8. The summed E-state index contributed by atoms with van der Waals surface area (Å²) in [5.74, 6) is 1.18. The van der Waals surface area contributed by atoms with Gasteiger partial charge in [0.1, 0.15) is 11.6 Å². The number of carbonyl (C=O) groups is 1. The number of amides is 1. The highest BCUT2D eigenvalue weighted by molar-refractivity contribution is 8.01. The number of halogens is 1. The zero-order valence-corrected chi connectivity index (χ0v) is 12.7. The maximum Gasteiger partial charge on any atom is 0.260 e. The van der Waals surface area contributed by atoms with E-state index in [9.17, 15) is 9.18 Å². The SMILES string of the molecule is COC1CSC2(C1)CN(C(=O)COc1ccc(F)cc1)C2. The predicted molar refractivity (Wildman–Crippen MR) is 79.1 cm³/mol. The van der Waals surface area contributed by atoms with Crippen LogP contribution in [0.3, 0.4) is 0 Å². The molecular weight excluding hydrogens is 293 g/mol. The van der Waals surface area contributed by atoms with Crippen molar-refractivity contribution in [2.24, 2.45) is 0 Å². The number of nitrogens with zero attached hydrogens (tertiary/aromatic N) is 1. The molecule has 2 aliphatic rings. The predicted octanol–water partition coefficient (Wildman–Crippen LogP) is 1.94. The summed E-state index contributed by atoms with van der Waals surface area (Å²) >= 11 is 1.90. The lowest BCUT2D eigenvalue weighted by Gasteiger charge is -2.47. The second-order valence-corrected chi connectivity index (χ2v) is 7.04. The summed E-state index contributed by atoms with van der Waals surface area (Å²) in [5.41, 5.74) is 0. The van der Waals surface area contributed by atoms with Gasteiger partial charge in [-0.3, -0.25) is 4.79 Å². The fourth-order valence-electron chi connectivity index (χ4n) is 2.77. The van der Waals surface area contributed by atoms with Crippen LogP contribution < -0.4 is 4.74 Å². The average Bonchev–Trinajstić information content (AvgIpc) is 2.89. The van der Waals surface area contributed by atoms with Crippen molar-refractivity contribution in [3.63, 3.8) is 0 Å². The first kappa shape index (κ1) is 14.7. The van der Waals surface area contributed by atoms with Crippen LogP contribution >= 0.6 is 11.8 Å². The number of rotatable bonds is 4. The van der Waals surface area contributed by atoms with E-state index in [0.717, 1.165) is 25.3 Å². The van der Waals surface area contributed by atoms with Crippen LogP contribution in [0.15, 0.2) is 24.3 Å². The zero-order valence-electron chi connectivity index (χ0n) is 11.9. The zero-order chi connectivity index (χ0) is 14.9. The lowest BCUT2D eigenvalue weighted by molar-refractivity contribution is -0.138. The van der Waals surface area contributed by atoms with E-state index in [0.29, 0.717) is 11.9 Å². The molecule has 0 bridgehead atoms. The van der Waals surface area contributed by atoms with Crippen molar-refractivity contribution in [1.29, 1.82) is 0 Å². The molecule has 4 nitrogen and oxygen atoms in total. The number of likely N-dealkylation sites (tertiary alicyclic amines) is 1. The average molecular weight is 311 g/mol. The first-order valence-electron chi connectivity index (χ1n) is 6.93. The molecule has 2 saturated heterocycles. The number of benzene rings is 1. The molecule has 1 spiro atoms. The molecule has 0 aliphatic carbocycles. The number of hydrogen-bond donors (Lipinski definition) is 0. The van der Waals surface area contributed by atoms with E-state index in [-0.39, 0.29) is 23.1 Å². The molecule has 2 aliphatic heterocycles. The van der Waals surface area contributed by atoms with Crippen molar-refractivity contribution in [1.82, 2.24) is 4.90 Å². The van der Waals surface area contributed by atoms with E-state index < -0.39 is 0 Å². The molecule has 2 fully saturated rings. The number of ether oxygens (including phenoxy) is 2. The second-order valence-electron chi connectivity index (χ2n) is 5.55. The Hall–Kier alpha value is -1.27. The maximum atomic E-state index is 12.8.